The van der Waals surface area contributed by atoms with Crippen LogP contribution in [0.1, 0.15) is 44.1 Å². The van der Waals surface area contributed by atoms with Crippen LogP contribution in [0.4, 0.5) is 4.79 Å². The highest BCUT2D eigenvalue weighted by Crippen LogP contribution is 2.34. The van der Waals surface area contributed by atoms with Crippen LogP contribution in [0.5, 0.6) is 0 Å². The van der Waals surface area contributed by atoms with Gasteiger partial charge in [-0.2, -0.15) is 0 Å². The highest BCUT2D eigenvalue weighted by Gasteiger charge is 2.50. The van der Waals surface area contributed by atoms with Crippen molar-refractivity contribution in [2.75, 3.05) is 0 Å². The molecular formula is C19H20ClN3O2. The molecule has 0 bridgehead atoms. The van der Waals surface area contributed by atoms with Crippen molar-refractivity contribution < 1.29 is 9.59 Å². The molecule has 1 aromatic heterocycles. The lowest BCUT2D eigenvalue weighted by atomic mass is 9.90. The summed E-state index contributed by atoms with van der Waals surface area (Å²) in [7, 11) is 0. The quantitative estimate of drug-likeness (QED) is 0.652. The predicted molar refractivity (Wildman–Crippen MR) is 96.3 cm³/mol. The number of carbonyl (C=O) groups excluding carboxylic acids is 2. The summed E-state index contributed by atoms with van der Waals surface area (Å²) in [5.41, 5.74) is 0.771. The van der Waals surface area contributed by atoms with E-state index < -0.39 is 5.54 Å². The van der Waals surface area contributed by atoms with Gasteiger partial charge in [-0.25, -0.2) is 9.78 Å². The lowest BCUT2D eigenvalue weighted by molar-refractivity contribution is -0.132. The molecule has 0 radical (unpaired) electrons. The van der Waals surface area contributed by atoms with Crippen molar-refractivity contribution in [3.05, 3.63) is 41.0 Å². The Morgan fingerprint density at radius 1 is 1.12 bits per heavy atom. The summed E-state index contributed by atoms with van der Waals surface area (Å²) in [6, 6.07) is 9.24. The highest BCUT2D eigenvalue weighted by atomic mass is 35.5. The maximum absolute atomic E-state index is 13.0. The summed E-state index contributed by atoms with van der Waals surface area (Å²) in [4.78, 5) is 31.2. The van der Waals surface area contributed by atoms with Crippen LogP contribution in [0.15, 0.2) is 30.3 Å². The van der Waals surface area contributed by atoms with Crippen molar-refractivity contribution in [1.82, 2.24) is 15.2 Å². The maximum atomic E-state index is 13.0. The summed E-state index contributed by atoms with van der Waals surface area (Å²) < 4.78 is 0. The summed E-state index contributed by atoms with van der Waals surface area (Å²) in [5, 5.41) is 4.24. The molecule has 2 heterocycles. The first kappa shape index (κ1) is 16.3. The molecule has 5 nitrogen and oxygen atoms in total. The average Bonchev–Trinajstić information content (AvgIpc) is 2.77. The number of aromatic nitrogens is 1. The van der Waals surface area contributed by atoms with Crippen molar-refractivity contribution in [1.29, 1.82) is 0 Å². The number of halogens is 1. The molecule has 1 aliphatic carbocycles. The third kappa shape index (κ3) is 2.86. The predicted octanol–water partition coefficient (Wildman–Crippen LogP) is 4.03. The molecule has 1 aliphatic heterocycles. The van der Waals surface area contributed by atoms with E-state index in [9.17, 15) is 9.59 Å². The molecule has 130 valence electrons. The van der Waals surface area contributed by atoms with E-state index in [0.29, 0.717) is 10.7 Å². The molecular weight excluding hydrogens is 338 g/mol. The molecule has 4 rings (SSSR count). The zero-order chi connectivity index (χ0) is 17.4. The molecule has 25 heavy (non-hydrogen) atoms. The number of para-hydroxylation sites is 1. The van der Waals surface area contributed by atoms with E-state index in [1.165, 1.54) is 4.90 Å². The van der Waals surface area contributed by atoms with Gasteiger partial charge in [0.15, 0.2) is 0 Å². The van der Waals surface area contributed by atoms with E-state index in [1.807, 2.05) is 30.3 Å². The van der Waals surface area contributed by atoms with Gasteiger partial charge in [0.1, 0.15) is 10.7 Å². The molecule has 1 spiro atoms. The Kier molecular flexibility index (Phi) is 4.12. The lowest BCUT2D eigenvalue weighted by Gasteiger charge is -2.24. The largest absolute Gasteiger partial charge is 0.325 e. The number of carbonyl (C=O) groups is 2. The molecule has 0 atom stereocenters. The average molecular weight is 358 g/mol. The minimum absolute atomic E-state index is 0.122. The van der Waals surface area contributed by atoms with Crippen LogP contribution < -0.4 is 5.32 Å². The molecule has 2 aromatic rings. The fourth-order valence-corrected chi connectivity index (χ4v) is 4.11. The van der Waals surface area contributed by atoms with Crippen LogP contribution in [0.2, 0.25) is 5.15 Å². The van der Waals surface area contributed by atoms with Crippen LogP contribution in [-0.2, 0) is 11.3 Å². The second-order valence-electron chi connectivity index (χ2n) is 6.95. The van der Waals surface area contributed by atoms with Gasteiger partial charge in [0.25, 0.3) is 5.91 Å². The Morgan fingerprint density at radius 2 is 1.84 bits per heavy atom. The van der Waals surface area contributed by atoms with Crippen molar-refractivity contribution in [3.63, 3.8) is 0 Å². The lowest BCUT2D eigenvalue weighted by Crippen LogP contribution is -2.46. The first-order valence-corrected chi connectivity index (χ1v) is 9.15. The van der Waals surface area contributed by atoms with Crippen LogP contribution >= 0.6 is 11.6 Å². The summed E-state index contributed by atoms with van der Waals surface area (Å²) in [6.07, 6.45) is 5.61. The zero-order valence-corrected chi connectivity index (χ0v) is 14.7. The Balaban J connectivity index is 1.63. The number of benzene rings is 1. The van der Waals surface area contributed by atoms with Gasteiger partial charge < -0.3 is 5.32 Å². The third-order valence-corrected chi connectivity index (χ3v) is 5.61. The number of fused-ring (bicyclic) bond motifs is 1. The molecule has 2 aliphatic rings. The summed E-state index contributed by atoms with van der Waals surface area (Å²) >= 11 is 6.30. The van der Waals surface area contributed by atoms with E-state index >= 15 is 0 Å². The van der Waals surface area contributed by atoms with E-state index in [1.54, 1.807) is 0 Å². The Bertz CT molecular complexity index is 844. The van der Waals surface area contributed by atoms with Crippen LogP contribution in [0, 0.1) is 0 Å². The minimum Gasteiger partial charge on any atom is -0.323 e. The van der Waals surface area contributed by atoms with Crippen LogP contribution in [0.3, 0.4) is 0 Å². The van der Waals surface area contributed by atoms with Crippen molar-refractivity contribution >= 4 is 34.4 Å². The van der Waals surface area contributed by atoms with E-state index in [0.717, 1.165) is 49.4 Å². The molecule has 0 unspecified atom stereocenters. The van der Waals surface area contributed by atoms with E-state index in [-0.39, 0.29) is 18.5 Å². The smallest absolute Gasteiger partial charge is 0.323 e. The fraction of sp³-hybridized carbons (Fsp3) is 0.421. The second kappa shape index (κ2) is 6.30. The molecule has 2 fully saturated rings. The van der Waals surface area contributed by atoms with Gasteiger partial charge in [0.2, 0.25) is 0 Å². The number of urea groups is 1. The van der Waals surface area contributed by atoms with Gasteiger partial charge in [-0.3, -0.25) is 9.69 Å². The summed E-state index contributed by atoms with van der Waals surface area (Å²) in [5.74, 6) is -0.122. The van der Waals surface area contributed by atoms with Crippen molar-refractivity contribution in [3.8, 4) is 0 Å². The van der Waals surface area contributed by atoms with Crippen molar-refractivity contribution in [2.45, 2.75) is 50.6 Å². The monoisotopic (exact) mass is 357 g/mol. The van der Waals surface area contributed by atoms with Crippen molar-refractivity contribution in [2.24, 2.45) is 0 Å². The first-order valence-electron chi connectivity index (χ1n) is 8.77. The number of hydrogen-bond acceptors (Lipinski definition) is 3. The third-order valence-electron chi connectivity index (χ3n) is 5.28. The fourth-order valence-electron chi connectivity index (χ4n) is 3.91. The maximum Gasteiger partial charge on any atom is 0.325 e. The molecule has 1 saturated carbocycles. The normalized spacial score (nSPS) is 20.1. The second-order valence-corrected chi connectivity index (χ2v) is 7.31. The number of nitrogens with one attached hydrogen (secondary N) is 1. The summed E-state index contributed by atoms with van der Waals surface area (Å²) in [6.45, 7) is 0.156. The highest BCUT2D eigenvalue weighted by molar-refractivity contribution is 6.30. The Morgan fingerprint density at radius 3 is 2.60 bits per heavy atom. The number of hydrogen-bond donors (Lipinski definition) is 1. The topological polar surface area (TPSA) is 62.3 Å². The Labute approximate surface area is 151 Å². The van der Waals surface area contributed by atoms with Gasteiger partial charge in [-0.15, -0.1) is 0 Å². The standard InChI is InChI=1S/C19H20ClN3O2/c20-16-14(11-13-7-3-4-8-15(13)21-16)12-23-17(24)19(22-18(23)25)9-5-1-2-6-10-19/h3-4,7-8,11H,1-2,5-6,9-10,12H2,(H,22,25). The van der Waals surface area contributed by atoms with E-state index in [2.05, 4.69) is 10.3 Å². The zero-order valence-electron chi connectivity index (χ0n) is 13.9. The Hall–Kier alpha value is -2.14. The molecule has 1 N–H and O–H groups in total. The van der Waals surface area contributed by atoms with Gasteiger partial charge in [0, 0.05) is 10.9 Å². The van der Waals surface area contributed by atoms with Gasteiger partial charge in [0.05, 0.1) is 12.1 Å². The number of amides is 3. The number of rotatable bonds is 2. The molecule has 1 aromatic carbocycles. The molecule has 1 saturated heterocycles. The minimum atomic E-state index is -0.718. The van der Waals surface area contributed by atoms with Gasteiger partial charge in [-0.05, 0) is 25.0 Å². The van der Waals surface area contributed by atoms with Crippen LogP contribution in [0.25, 0.3) is 10.9 Å². The van der Waals surface area contributed by atoms with Gasteiger partial charge in [-0.1, -0.05) is 55.5 Å². The molecule has 6 heteroatoms. The van der Waals surface area contributed by atoms with E-state index in [4.69, 9.17) is 11.6 Å². The number of pyridine rings is 1. The van der Waals surface area contributed by atoms with Crippen LogP contribution in [-0.4, -0.2) is 27.4 Å². The van der Waals surface area contributed by atoms with Gasteiger partial charge >= 0.3 is 6.03 Å². The molecule has 3 amide bonds. The number of imide groups is 1. The number of nitrogens with zero attached hydrogens (tertiary/aromatic N) is 2. The first-order chi connectivity index (χ1) is 12.1. The SMILES string of the molecule is O=C1NC2(CCCCCC2)C(=O)N1Cc1cc2ccccc2nc1Cl.